The van der Waals surface area contributed by atoms with Gasteiger partial charge in [0.2, 0.25) is 11.8 Å². The van der Waals surface area contributed by atoms with E-state index in [4.69, 9.17) is 4.74 Å². The van der Waals surface area contributed by atoms with E-state index in [-0.39, 0.29) is 0 Å². The van der Waals surface area contributed by atoms with Gasteiger partial charge in [-0.3, -0.25) is 0 Å². The molecule has 5 nitrogen and oxygen atoms in total. The normalized spacial score (nSPS) is 22.0. The summed E-state index contributed by atoms with van der Waals surface area (Å²) in [6, 6.07) is 0.562. The number of hydrogen-bond donors (Lipinski definition) is 1. The molecule has 110 valence electrons. The lowest BCUT2D eigenvalue weighted by molar-refractivity contribution is 0.393. The molecule has 1 saturated heterocycles. The molecule has 1 N–H and O–H groups in total. The number of nitrogens with one attached hydrogen (secondary N) is 1. The van der Waals surface area contributed by atoms with E-state index in [9.17, 15) is 0 Å². The van der Waals surface area contributed by atoms with E-state index in [1.54, 1.807) is 13.3 Å². The van der Waals surface area contributed by atoms with Crippen LogP contribution in [0.3, 0.4) is 0 Å². The van der Waals surface area contributed by atoms with Gasteiger partial charge in [-0.25, -0.2) is 4.98 Å². The Morgan fingerprint density at radius 2 is 2.25 bits per heavy atom. The predicted molar refractivity (Wildman–Crippen MR) is 82.2 cm³/mol. The summed E-state index contributed by atoms with van der Waals surface area (Å²) >= 11 is 3.41. The molecule has 1 unspecified atom stereocenters. The van der Waals surface area contributed by atoms with E-state index in [0.29, 0.717) is 11.9 Å². The van der Waals surface area contributed by atoms with E-state index < -0.39 is 0 Å². The van der Waals surface area contributed by atoms with Gasteiger partial charge in [-0.1, -0.05) is 0 Å². The fourth-order valence-corrected chi connectivity index (χ4v) is 3.02. The summed E-state index contributed by atoms with van der Waals surface area (Å²) in [5.41, 5.74) is 0. The van der Waals surface area contributed by atoms with Crippen molar-refractivity contribution in [2.75, 3.05) is 31.6 Å². The maximum atomic E-state index is 5.29. The number of halogens is 1. The maximum absolute atomic E-state index is 5.29. The first-order valence-electron chi connectivity index (χ1n) is 7.31. The number of aromatic nitrogens is 2. The lowest BCUT2D eigenvalue weighted by Crippen LogP contribution is -2.39. The molecule has 1 saturated carbocycles. The quantitative estimate of drug-likeness (QED) is 0.860. The number of rotatable bonds is 6. The van der Waals surface area contributed by atoms with Gasteiger partial charge in [0.1, 0.15) is 0 Å². The Morgan fingerprint density at radius 3 is 2.90 bits per heavy atom. The summed E-state index contributed by atoms with van der Waals surface area (Å²) in [5, 5.41) is 3.55. The zero-order chi connectivity index (χ0) is 13.9. The van der Waals surface area contributed by atoms with Crippen LogP contribution < -0.4 is 15.0 Å². The summed E-state index contributed by atoms with van der Waals surface area (Å²) in [4.78, 5) is 11.3. The zero-order valence-electron chi connectivity index (χ0n) is 11.8. The Bertz CT molecular complexity index is 460. The topological polar surface area (TPSA) is 50.3 Å². The highest BCUT2D eigenvalue weighted by Gasteiger charge is 2.28. The van der Waals surface area contributed by atoms with Crippen LogP contribution in [0.25, 0.3) is 0 Å². The van der Waals surface area contributed by atoms with E-state index in [1.165, 1.54) is 25.7 Å². The molecule has 0 amide bonds. The predicted octanol–water partition coefficient (Wildman–Crippen LogP) is 2.22. The smallest absolute Gasteiger partial charge is 0.232 e. The fourth-order valence-electron chi connectivity index (χ4n) is 2.67. The molecule has 1 aliphatic carbocycles. The number of hydrogen-bond acceptors (Lipinski definition) is 5. The molecule has 2 fully saturated rings. The van der Waals surface area contributed by atoms with Crippen molar-refractivity contribution in [1.29, 1.82) is 0 Å². The summed E-state index contributed by atoms with van der Waals surface area (Å²) in [5.74, 6) is 2.20. The Balaban J connectivity index is 1.75. The number of methoxy groups -OCH3 is 1. The van der Waals surface area contributed by atoms with Crippen LogP contribution in [0.5, 0.6) is 5.88 Å². The lowest BCUT2D eigenvalue weighted by atomic mass is 10.2. The van der Waals surface area contributed by atoms with Crippen LogP contribution in [0.15, 0.2) is 10.7 Å². The van der Waals surface area contributed by atoms with Crippen molar-refractivity contribution in [2.45, 2.75) is 31.7 Å². The van der Waals surface area contributed by atoms with Gasteiger partial charge in [-0.05, 0) is 54.1 Å². The van der Waals surface area contributed by atoms with Gasteiger partial charge in [0.15, 0.2) is 0 Å². The molecular formula is C14H21BrN4O. The molecule has 2 aliphatic rings. The minimum Gasteiger partial charge on any atom is -0.480 e. The lowest BCUT2D eigenvalue weighted by Gasteiger charge is -2.26. The van der Waals surface area contributed by atoms with Crippen LogP contribution in [-0.2, 0) is 0 Å². The van der Waals surface area contributed by atoms with Crippen molar-refractivity contribution < 1.29 is 4.74 Å². The molecule has 1 aliphatic heterocycles. The third-order valence-corrected chi connectivity index (χ3v) is 4.50. The Kier molecular flexibility index (Phi) is 4.41. The third kappa shape index (κ3) is 3.41. The van der Waals surface area contributed by atoms with Crippen molar-refractivity contribution >= 4 is 21.9 Å². The first-order valence-corrected chi connectivity index (χ1v) is 8.10. The average Bonchev–Trinajstić information content (AvgIpc) is 3.12. The van der Waals surface area contributed by atoms with Gasteiger partial charge in [0.05, 0.1) is 17.8 Å². The van der Waals surface area contributed by atoms with Gasteiger partial charge >= 0.3 is 0 Å². The Morgan fingerprint density at radius 1 is 1.40 bits per heavy atom. The van der Waals surface area contributed by atoms with Crippen molar-refractivity contribution in [2.24, 2.45) is 5.92 Å². The fraction of sp³-hybridized carbons (Fsp3) is 0.714. The minimum absolute atomic E-state index is 0.562. The van der Waals surface area contributed by atoms with Crippen LogP contribution in [0.1, 0.15) is 25.7 Å². The summed E-state index contributed by atoms with van der Waals surface area (Å²) in [7, 11) is 1.64. The number of ether oxygens (including phenoxy) is 1. The van der Waals surface area contributed by atoms with Crippen LogP contribution in [0.2, 0.25) is 0 Å². The third-order valence-electron chi connectivity index (χ3n) is 3.95. The average molecular weight is 341 g/mol. The monoisotopic (exact) mass is 340 g/mol. The summed E-state index contributed by atoms with van der Waals surface area (Å²) < 4.78 is 6.09. The SMILES string of the molecule is COc1nc(N(CC2CC2)CC2CCCN2)ncc1Br. The second kappa shape index (κ2) is 6.26. The van der Waals surface area contributed by atoms with Gasteiger partial charge in [0.25, 0.3) is 0 Å². The first kappa shape index (κ1) is 14.1. The van der Waals surface area contributed by atoms with E-state index in [0.717, 1.165) is 36.0 Å². The molecular weight excluding hydrogens is 320 g/mol. The molecule has 2 heterocycles. The van der Waals surface area contributed by atoms with Crippen molar-refractivity contribution in [1.82, 2.24) is 15.3 Å². The van der Waals surface area contributed by atoms with E-state index in [1.807, 2.05) is 0 Å². The van der Waals surface area contributed by atoms with E-state index >= 15 is 0 Å². The van der Waals surface area contributed by atoms with E-state index in [2.05, 4.69) is 36.1 Å². The summed E-state index contributed by atoms with van der Waals surface area (Å²) in [6.07, 6.45) is 6.97. The number of nitrogens with zero attached hydrogens (tertiary/aromatic N) is 3. The minimum atomic E-state index is 0.562. The van der Waals surface area contributed by atoms with Crippen molar-refractivity contribution in [3.63, 3.8) is 0 Å². The molecule has 0 aromatic carbocycles. The molecule has 1 aromatic heterocycles. The van der Waals surface area contributed by atoms with Crippen LogP contribution >= 0.6 is 15.9 Å². The van der Waals surface area contributed by atoms with Gasteiger partial charge < -0.3 is 15.0 Å². The second-order valence-corrected chi connectivity index (χ2v) is 6.52. The van der Waals surface area contributed by atoms with Gasteiger partial charge in [-0.15, -0.1) is 0 Å². The van der Waals surface area contributed by atoms with Crippen molar-refractivity contribution in [3.05, 3.63) is 10.7 Å². The first-order chi connectivity index (χ1) is 9.76. The maximum Gasteiger partial charge on any atom is 0.232 e. The van der Waals surface area contributed by atoms with Gasteiger partial charge in [0, 0.05) is 19.1 Å². The molecule has 0 radical (unpaired) electrons. The highest BCUT2D eigenvalue weighted by Crippen LogP contribution is 2.32. The Hall–Kier alpha value is -0.880. The molecule has 6 heteroatoms. The molecule has 0 bridgehead atoms. The van der Waals surface area contributed by atoms with Gasteiger partial charge in [-0.2, -0.15) is 4.98 Å². The molecule has 3 rings (SSSR count). The largest absolute Gasteiger partial charge is 0.480 e. The highest BCUT2D eigenvalue weighted by atomic mass is 79.9. The van der Waals surface area contributed by atoms with Crippen molar-refractivity contribution in [3.8, 4) is 5.88 Å². The zero-order valence-corrected chi connectivity index (χ0v) is 13.4. The molecule has 20 heavy (non-hydrogen) atoms. The second-order valence-electron chi connectivity index (χ2n) is 5.67. The molecule has 1 atom stereocenters. The highest BCUT2D eigenvalue weighted by molar-refractivity contribution is 9.10. The number of anilines is 1. The van der Waals surface area contributed by atoms with Crippen LogP contribution in [-0.4, -0.2) is 42.8 Å². The molecule has 1 aromatic rings. The summed E-state index contributed by atoms with van der Waals surface area (Å²) in [6.45, 7) is 3.18. The molecule has 0 spiro atoms. The van der Waals surface area contributed by atoms with Crippen LogP contribution in [0, 0.1) is 5.92 Å². The standard InChI is InChI=1S/C14H21BrN4O/c1-20-13-12(15)7-17-14(18-13)19(8-10-4-5-10)9-11-3-2-6-16-11/h7,10-11,16H,2-6,8-9H2,1H3. The Labute approximate surface area is 128 Å². The van der Waals surface area contributed by atoms with Crippen LogP contribution in [0.4, 0.5) is 5.95 Å².